The third kappa shape index (κ3) is 3.16. The first-order chi connectivity index (χ1) is 13.2. The number of nitrogens with one attached hydrogen (secondary N) is 1. The molecule has 0 atom stereocenters. The van der Waals surface area contributed by atoms with Crippen LogP contribution >= 0.6 is 0 Å². The largest absolute Gasteiger partial charge is 0.512 e. The average Bonchev–Trinajstić information content (AvgIpc) is 3.04. The van der Waals surface area contributed by atoms with Gasteiger partial charge in [0.1, 0.15) is 11.5 Å². The fraction of sp³-hybridized carbons (Fsp3) is 0.100. The zero-order valence-corrected chi connectivity index (χ0v) is 14.4. The van der Waals surface area contributed by atoms with Crippen LogP contribution in [-0.4, -0.2) is 28.3 Å². The summed E-state index contributed by atoms with van der Waals surface area (Å²) in [5.41, 5.74) is 2.11. The SMILES string of the molecule is COCc1c(OC(=O)O)ncc2[nH]c3cccc(Oc4ccccc4)c3c12. The Hall–Kier alpha value is -3.58. The van der Waals surface area contributed by atoms with Gasteiger partial charge in [-0.2, -0.15) is 0 Å². The molecule has 2 heterocycles. The van der Waals surface area contributed by atoms with E-state index < -0.39 is 6.16 Å². The van der Waals surface area contributed by atoms with E-state index in [1.807, 2.05) is 48.5 Å². The smallest absolute Gasteiger partial charge is 0.457 e. The molecule has 0 radical (unpaired) electrons. The number of rotatable bonds is 5. The van der Waals surface area contributed by atoms with Crippen LogP contribution in [0.15, 0.2) is 54.7 Å². The van der Waals surface area contributed by atoms with Crippen LogP contribution in [0.1, 0.15) is 5.56 Å². The number of aromatic nitrogens is 2. The number of carboxylic acid groups (broad SMARTS) is 1. The van der Waals surface area contributed by atoms with Crippen molar-refractivity contribution in [1.29, 1.82) is 0 Å². The van der Waals surface area contributed by atoms with Gasteiger partial charge in [-0.25, -0.2) is 9.78 Å². The molecular weight excluding hydrogens is 348 g/mol. The molecule has 0 bridgehead atoms. The van der Waals surface area contributed by atoms with Crippen LogP contribution in [-0.2, 0) is 11.3 Å². The van der Waals surface area contributed by atoms with Crippen molar-refractivity contribution in [3.8, 4) is 17.4 Å². The number of ether oxygens (including phenoxy) is 3. The molecule has 4 rings (SSSR count). The number of carbonyl (C=O) groups is 1. The Bertz CT molecular complexity index is 1120. The van der Waals surface area contributed by atoms with E-state index in [4.69, 9.17) is 19.3 Å². The van der Waals surface area contributed by atoms with Gasteiger partial charge >= 0.3 is 6.16 Å². The van der Waals surface area contributed by atoms with E-state index >= 15 is 0 Å². The van der Waals surface area contributed by atoms with Gasteiger partial charge in [0.05, 0.1) is 34.8 Å². The minimum atomic E-state index is -1.43. The molecule has 0 aliphatic heterocycles. The van der Waals surface area contributed by atoms with Crippen molar-refractivity contribution in [3.05, 3.63) is 60.3 Å². The summed E-state index contributed by atoms with van der Waals surface area (Å²) in [5.74, 6) is 1.32. The molecule has 2 N–H and O–H groups in total. The van der Waals surface area contributed by atoms with Crippen LogP contribution in [0.25, 0.3) is 21.8 Å². The van der Waals surface area contributed by atoms with Crippen molar-refractivity contribution in [1.82, 2.24) is 9.97 Å². The lowest BCUT2D eigenvalue weighted by molar-refractivity contribution is 0.139. The van der Waals surface area contributed by atoms with Crippen molar-refractivity contribution in [2.75, 3.05) is 7.11 Å². The number of benzene rings is 2. The zero-order chi connectivity index (χ0) is 18.8. The summed E-state index contributed by atoms with van der Waals surface area (Å²) >= 11 is 0. The maximum absolute atomic E-state index is 11.0. The number of aromatic amines is 1. The first kappa shape index (κ1) is 16.9. The zero-order valence-electron chi connectivity index (χ0n) is 14.4. The highest BCUT2D eigenvalue weighted by Gasteiger charge is 2.20. The Kier molecular flexibility index (Phi) is 4.35. The summed E-state index contributed by atoms with van der Waals surface area (Å²) in [4.78, 5) is 18.4. The number of pyridine rings is 1. The van der Waals surface area contributed by atoms with E-state index in [0.29, 0.717) is 17.1 Å². The summed E-state index contributed by atoms with van der Waals surface area (Å²) in [5, 5.41) is 10.6. The number of hydrogen-bond acceptors (Lipinski definition) is 5. The molecule has 0 aliphatic carbocycles. The van der Waals surface area contributed by atoms with Gasteiger partial charge in [-0.1, -0.05) is 24.3 Å². The van der Waals surface area contributed by atoms with Crippen molar-refractivity contribution >= 4 is 28.0 Å². The van der Waals surface area contributed by atoms with Crippen molar-refractivity contribution < 1.29 is 24.1 Å². The quantitative estimate of drug-likeness (QED) is 0.498. The van der Waals surface area contributed by atoms with Gasteiger partial charge in [0, 0.05) is 12.5 Å². The first-order valence-electron chi connectivity index (χ1n) is 8.22. The van der Waals surface area contributed by atoms with Crippen LogP contribution in [0.3, 0.4) is 0 Å². The van der Waals surface area contributed by atoms with Gasteiger partial charge < -0.3 is 24.3 Å². The van der Waals surface area contributed by atoms with E-state index in [1.54, 1.807) is 6.20 Å². The molecule has 27 heavy (non-hydrogen) atoms. The maximum atomic E-state index is 11.0. The number of methoxy groups -OCH3 is 1. The van der Waals surface area contributed by atoms with Crippen molar-refractivity contribution in [3.63, 3.8) is 0 Å². The minimum Gasteiger partial charge on any atom is -0.457 e. The Morgan fingerprint density at radius 3 is 2.63 bits per heavy atom. The van der Waals surface area contributed by atoms with Gasteiger partial charge in [-0.05, 0) is 24.3 Å². The number of fused-ring (bicyclic) bond motifs is 3. The summed E-state index contributed by atoms with van der Waals surface area (Å²) in [7, 11) is 1.53. The second-order valence-corrected chi connectivity index (χ2v) is 5.85. The summed E-state index contributed by atoms with van der Waals surface area (Å²) in [6.07, 6.45) is 0.110. The van der Waals surface area contributed by atoms with Crippen molar-refractivity contribution in [2.45, 2.75) is 6.61 Å². The number of para-hydroxylation sites is 1. The Morgan fingerprint density at radius 1 is 1.07 bits per heavy atom. The van der Waals surface area contributed by atoms with E-state index in [9.17, 15) is 4.79 Å². The van der Waals surface area contributed by atoms with E-state index in [-0.39, 0.29) is 12.5 Å². The molecule has 0 fully saturated rings. The van der Waals surface area contributed by atoms with E-state index in [0.717, 1.165) is 21.8 Å². The Labute approximate surface area is 154 Å². The molecule has 7 nitrogen and oxygen atoms in total. The third-order valence-corrected chi connectivity index (χ3v) is 4.13. The highest BCUT2D eigenvalue weighted by Crippen LogP contribution is 2.39. The minimum absolute atomic E-state index is 0.00716. The molecule has 2 aromatic carbocycles. The maximum Gasteiger partial charge on any atom is 0.512 e. The molecule has 0 amide bonds. The van der Waals surface area contributed by atoms with Gasteiger partial charge in [0.15, 0.2) is 0 Å². The van der Waals surface area contributed by atoms with E-state index in [1.165, 1.54) is 7.11 Å². The van der Waals surface area contributed by atoms with E-state index in [2.05, 4.69) is 9.97 Å². The molecule has 0 saturated carbocycles. The van der Waals surface area contributed by atoms with Crippen LogP contribution < -0.4 is 9.47 Å². The molecule has 0 spiro atoms. The second kappa shape index (κ2) is 6.97. The first-order valence-corrected chi connectivity index (χ1v) is 8.22. The van der Waals surface area contributed by atoms with Gasteiger partial charge in [0.25, 0.3) is 0 Å². The monoisotopic (exact) mass is 364 g/mol. The lowest BCUT2D eigenvalue weighted by atomic mass is 10.1. The van der Waals surface area contributed by atoms with Gasteiger partial charge in [-0.3, -0.25) is 0 Å². The van der Waals surface area contributed by atoms with Crippen LogP contribution in [0, 0.1) is 0 Å². The summed E-state index contributed by atoms with van der Waals surface area (Å²) in [6.45, 7) is 0.138. The second-order valence-electron chi connectivity index (χ2n) is 5.85. The number of hydrogen-bond donors (Lipinski definition) is 2. The van der Waals surface area contributed by atoms with Crippen LogP contribution in [0.5, 0.6) is 17.4 Å². The standard InChI is InChI=1S/C20H16N2O5/c1-25-11-13-17-15(10-21-19(13)27-20(23)24)22-14-8-5-9-16(18(14)17)26-12-6-3-2-4-7-12/h2-10,22H,11H2,1H3,(H,23,24). The molecule has 0 unspecified atom stereocenters. The molecule has 2 aromatic heterocycles. The van der Waals surface area contributed by atoms with Crippen LogP contribution in [0.2, 0.25) is 0 Å². The molecule has 136 valence electrons. The number of nitrogens with zero attached hydrogens (tertiary/aromatic N) is 1. The Balaban J connectivity index is 1.97. The van der Waals surface area contributed by atoms with Crippen molar-refractivity contribution in [2.24, 2.45) is 0 Å². The molecule has 0 saturated heterocycles. The molecule has 4 aromatic rings. The lowest BCUT2D eigenvalue weighted by Crippen LogP contribution is -2.07. The average molecular weight is 364 g/mol. The highest BCUT2D eigenvalue weighted by molar-refractivity contribution is 6.12. The fourth-order valence-corrected chi connectivity index (χ4v) is 3.10. The predicted octanol–water partition coefficient (Wildman–Crippen LogP) is 4.71. The predicted molar refractivity (Wildman–Crippen MR) is 99.5 cm³/mol. The Morgan fingerprint density at radius 2 is 1.89 bits per heavy atom. The van der Waals surface area contributed by atoms with Gasteiger partial charge in [-0.15, -0.1) is 0 Å². The topological polar surface area (TPSA) is 93.7 Å². The normalized spacial score (nSPS) is 11.0. The van der Waals surface area contributed by atoms with Crippen LogP contribution in [0.4, 0.5) is 4.79 Å². The highest BCUT2D eigenvalue weighted by atomic mass is 16.7. The fourth-order valence-electron chi connectivity index (χ4n) is 3.10. The molecule has 7 heteroatoms. The third-order valence-electron chi connectivity index (χ3n) is 4.13. The summed E-state index contributed by atoms with van der Waals surface area (Å²) < 4.78 is 16.2. The number of H-pyrrole nitrogens is 1. The van der Waals surface area contributed by atoms with Gasteiger partial charge in [0.2, 0.25) is 5.88 Å². The molecule has 0 aliphatic rings. The summed E-state index contributed by atoms with van der Waals surface area (Å²) in [6, 6.07) is 15.1. The molecular formula is C20H16N2O5. The lowest BCUT2D eigenvalue weighted by Gasteiger charge is -2.10.